The van der Waals surface area contributed by atoms with Gasteiger partial charge in [0.1, 0.15) is 30.5 Å². The van der Waals surface area contributed by atoms with Gasteiger partial charge in [-0.15, -0.1) is 0 Å². The highest BCUT2D eigenvalue weighted by atomic mass is 32.3. The van der Waals surface area contributed by atoms with Gasteiger partial charge < -0.3 is 40.3 Å². The topological polar surface area (TPSA) is 212 Å². The number of hydrogen-bond donors (Lipinski definition) is 7. The van der Waals surface area contributed by atoms with Crippen molar-refractivity contribution in [3.63, 3.8) is 0 Å². The number of nitrogens with one attached hydrogen (secondary N) is 1. The zero-order valence-corrected chi connectivity index (χ0v) is 33.9. The Kier molecular flexibility index (Phi) is 29.4. The van der Waals surface area contributed by atoms with E-state index in [1.54, 1.807) is 6.08 Å². The average Bonchev–Trinajstić information content (AvgIpc) is 3.15. The van der Waals surface area contributed by atoms with Crippen molar-refractivity contribution in [2.75, 3.05) is 13.2 Å². The molecule has 55 heavy (non-hydrogen) atoms. The quantitative estimate of drug-likeness (QED) is 0.0249. The molecule has 1 heterocycles. The molecule has 8 atom stereocenters. The average molecular weight is 802 g/mol. The first-order valence-corrected chi connectivity index (χ1v) is 21.6. The third kappa shape index (κ3) is 24.9. The van der Waals surface area contributed by atoms with Crippen LogP contribution in [0.2, 0.25) is 0 Å². The number of allylic oxidation sites excluding steroid dienone is 9. The van der Waals surface area contributed by atoms with Crippen molar-refractivity contribution in [1.29, 1.82) is 0 Å². The van der Waals surface area contributed by atoms with Gasteiger partial charge in [-0.25, -0.2) is 4.18 Å². The zero-order chi connectivity index (χ0) is 40.7. The van der Waals surface area contributed by atoms with Crippen LogP contribution in [0, 0.1) is 0 Å². The van der Waals surface area contributed by atoms with Crippen molar-refractivity contribution in [2.45, 2.75) is 178 Å². The highest BCUT2D eigenvalue weighted by molar-refractivity contribution is 7.80. The number of ether oxygens (including phenoxy) is 2. The Hall–Kier alpha value is -2.24. The molecule has 0 spiro atoms. The van der Waals surface area contributed by atoms with Crippen molar-refractivity contribution >= 4 is 16.3 Å². The summed E-state index contributed by atoms with van der Waals surface area (Å²) in [5, 5.41) is 54.8. The van der Waals surface area contributed by atoms with E-state index < -0.39 is 78.5 Å². The van der Waals surface area contributed by atoms with Gasteiger partial charge in [0.25, 0.3) is 0 Å². The molecule has 1 aliphatic rings. The minimum absolute atomic E-state index is 0.218. The van der Waals surface area contributed by atoms with Gasteiger partial charge in [-0.1, -0.05) is 120 Å². The van der Waals surface area contributed by atoms with Crippen LogP contribution in [-0.4, -0.2) is 107 Å². The molecular formula is C41H71NO12S. The molecule has 13 nitrogen and oxygen atoms in total. The summed E-state index contributed by atoms with van der Waals surface area (Å²) < 4.78 is 47.2. The molecular weight excluding hydrogens is 731 g/mol. The van der Waals surface area contributed by atoms with Crippen LogP contribution >= 0.6 is 0 Å². The van der Waals surface area contributed by atoms with Crippen LogP contribution in [0.25, 0.3) is 0 Å². The molecule has 0 aromatic rings. The number of carbonyl (C=O) groups excluding carboxylic acids is 1. The first-order chi connectivity index (χ1) is 26.4. The molecule has 0 saturated carbocycles. The largest absolute Gasteiger partial charge is 0.397 e. The van der Waals surface area contributed by atoms with Crippen LogP contribution < -0.4 is 5.32 Å². The molecule has 0 aromatic heterocycles. The van der Waals surface area contributed by atoms with Crippen molar-refractivity contribution in [3.8, 4) is 0 Å². The lowest BCUT2D eigenvalue weighted by molar-refractivity contribution is -0.298. The zero-order valence-electron chi connectivity index (χ0n) is 33.1. The first kappa shape index (κ1) is 50.8. The Balaban J connectivity index is 2.67. The van der Waals surface area contributed by atoms with E-state index in [1.165, 1.54) is 25.3 Å². The number of amides is 1. The van der Waals surface area contributed by atoms with Crippen molar-refractivity contribution in [1.82, 2.24) is 5.32 Å². The number of carbonyl (C=O) groups is 1. The number of hydrogen-bond acceptors (Lipinski definition) is 11. The molecule has 1 fully saturated rings. The Morgan fingerprint density at radius 2 is 1.33 bits per heavy atom. The van der Waals surface area contributed by atoms with Crippen LogP contribution in [0.4, 0.5) is 0 Å². The lowest BCUT2D eigenvalue weighted by Crippen LogP contribution is -2.61. The monoisotopic (exact) mass is 801 g/mol. The van der Waals surface area contributed by atoms with Crippen LogP contribution in [0.15, 0.2) is 60.8 Å². The highest BCUT2D eigenvalue weighted by Gasteiger charge is 2.48. The molecule has 0 radical (unpaired) electrons. The van der Waals surface area contributed by atoms with Gasteiger partial charge in [-0.2, -0.15) is 8.42 Å². The van der Waals surface area contributed by atoms with E-state index in [-0.39, 0.29) is 6.42 Å². The maximum absolute atomic E-state index is 13.0. The standard InChI is InChI=1S/C41H71NO12S/c1-3-5-7-9-11-13-15-16-17-18-19-20-22-24-26-28-30-35(45)40(48)42-33(34(44)29-27-25-23-21-14-12-10-8-6-4-2)32-52-41-38(47)39(54-55(49,50)51)37(46)36(31-43)53-41/h6,8,11,13-14,16-17,21,27,29,33-39,41,43-47H,3-5,7,9-10,12,15,18-20,22-26,28,30-32H2,1-2H3,(H,42,48)(H,49,50,51)/b8-6+,13-11-,17-16-,21-14+,29-27+. The number of aliphatic hydroxyl groups is 5. The smallest absolute Gasteiger partial charge is 0.394 e. The lowest BCUT2D eigenvalue weighted by Gasteiger charge is -2.41. The molecule has 1 rings (SSSR count). The van der Waals surface area contributed by atoms with Crippen LogP contribution in [0.5, 0.6) is 0 Å². The third-order valence-electron chi connectivity index (χ3n) is 9.12. The van der Waals surface area contributed by atoms with Crippen molar-refractivity contribution in [2.24, 2.45) is 0 Å². The Bertz CT molecular complexity index is 1240. The van der Waals surface area contributed by atoms with Gasteiger partial charge >= 0.3 is 10.4 Å². The molecule has 1 saturated heterocycles. The SMILES string of the molecule is CC/C=C/CC/C=C/CC/C=C/C(O)C(COC1OC(CO)C(O)C(OS(=O)(=O)O)C1O)NC(=O)C(O)CCCCCCCC/C=C\C/C=C\CCCCC. The lowest BCUT2D eigenvalue weighted by atomic mass is 9.99. The van der Waals surface area contributed by atoms with Gasteiger partial charge in [-0.05, 0) is 70.6 Å². The fourth-order valence-corrected chi connectivity index (χ4v) is 6.39. The fourth-order valence-electron chi connectivity index (χ4n) is 5.88. The van der Waals surface area contributed by atoms with Crippen LogP contribution in [-0.2, 0) is 28.9 Å². The van der Waals surface area contributed by atoms with Gasteiger partial charge in [0.05, 0.1) is 25.4 Å². The molecule has 0 bridgehead atoms. The second kappa shape index (κ2) is 31.8. The summed E-state index contributed by atoms with van der Waals surface area (Å²) in [5.41, 5.74) is 0. The highest BCUT2D eigenvalue weighted by Crippen LogP contribution is 2.26. The summed E-state index contributed by atoms with van der Waals surface area (Å²) in [6.45, 7) is 2.99. The normalized spacial score (nSPS) is 22.8. The summed E-state index contributed by atoms with van der Waals surface area (Å²) in [6, 6.07) is -1.15. The van der Waals surface area contributed by atoms with E-state index in [0.717, 1.165) is 77.0 Å². The predicted octanol–water partition coefficient (Wildman–Crippen LogP) is 5.68. The Morgan fingerprint density at radius 1 is 0.764 bits per heavy atom. The summed E-state index contributed by atoms with van der Waals surface area (Å²) in [7, 11) is -5.12. The maximum atomic E-state index is 13.0. The first-order valence-electron chi connectivity index (χ1n) is 20.3. The third-order valence-corrected chi connectivity index (χ3v) is 9.58. The van der Waals surface area contributed by atoms with E-state index in [4.69, 9.17) is 14.0 Å². The predicted molar refractivity (Wildman–Crippen MR) is 214 cm³/mol. The second-order valence-electron chi connectivity index (χ2n) is 14.0. The van der Waals surface area contributed by atoms with Crippen molar-refractivity contribution in [3.05, 3.63) is 60.8 Å². The summed E-state index contributed by atoms with van der Waals surface area (Å²) in [5.74, 6) is -0.731. The van der Waals surface area contributed by atoms with E-state index in [9.17, 15) is 38.7 Å². The van der Waals surface area contributed by atoms with Crippen LogP contribution in [0.1, 0.15) is 129 Å². The molecule has 1 amide bonds. The van der Waals surface area contributed by atoms with E-state index in [0.29, 0.717) is 12.8 Å². The summed E-state index contributed by atoms with van der Waals surface area (Å²) in [4.78, 5) is 13.0. The van der Waals surface area contributed by atoms with E-state index >= 15 is 0 Å². The van der Waals surface area contributed by atoms with Gasteiger partial charge in [0.15, 0.2) is 6.29 Å². The summed E-state index contributed by atoms with van der Waals surface area (Å²) >= 11 is 0. The minimum atomic E-state index is -5.12. The molecule has 0 aromatic carbocycles. The van der Waals surface area contributed by atoms with Crippen molar-refractivity contribution < 1.29 is 57.0 Å². The fraction of sp³-hybridized carbons (Fsp3) is 0.732. The molecule has 1 aliphatic heterocycles. The van der Waals surface area contributed by atoms with Crippen LogP contribution in [0.3, 0.4) is 0 Å². The van der Waals surface area contributed by atoms with Gasteiger partial charge in [0, 0.05) is 0 Å². The second-order valence-corrected chi connectivity index (χ2v) is 15.0. The molecule has 0 aliphatic carbocycles. The summed E-state index contributed by atoms with van der Waals surface area (Å²) in [6.07, 6.45) is 26.2. The van der Waals surface area contributed by atoms with E-state index in [2.05, 4.69) is 65.9 Å². The molecule has 8 unspecified atom stereocenters. The number of aliphatic hydroxyl groups excluding tert-OH is 5. The Labute approximate surface area is 330 Å². The van der Waals surface area contributed by atoms with Gasteiger partial charge in [0.2, 0.25) is 5.91 Å². The van der Waals surface area contributed by atoms with E-state index in [1.807, 2.05) is 6.08 Å². The number of rotatable bonds is 32. The molecule has 318 valence electrons. The number of unbranched alkanes of at least 4 members (excludes halogenated alkanes) is 11. The maximum Gasteiger partial charge on any atom is 0.397 e. The molecule has 14 heteroatoms. The Morgan fingerprint density at radius 3 is 1.93 bits per heavy atom. The minimum Gasteiger partial charge on any atom is -0.394 e. The van der Waals surface area contributed by atoms with Gasteiger partial charge in [-0.3, -0.25) is 9.35 Å². The molecule has 7 N–H and O–H groups in total.